The third-order valence-electron chi connectivity index (χ3n) is 2.33. The van der Waals surface area contributed by atoms with E-state index in [9.17, 15) is 8.78 Å². The topological polar surface area (TPSA) is 25.8 Å². The molecule has 0 bridgehead atoms. The number of aryl methyl sites for hydroxylation is 2. The molecule has 0 saturated carbocycles. The van der Waals surface area contributed by atoms with Crippen LogP contribution in [0.3, 0.4) is 0 Å². The molecule has 0 unspecified atom stereocenters. The van der Waals surface area contributed by atoms with Crippen LogP contribution in [0.5, 0.6) is 0 Å². The molecule has 82 valence electrons. The number of nitrogens with zero attached hydrogens (tertiary/aromatic N) is 2. The van der Waals surface area contributed by atoms with E-state index in [4.69, 9.17) is 0 Å². The fraction of sp³-hybridized carbons (Fsp3) is 0.167. The second kappa shape index (κ2) is 3.96. The first-order valence-electron chi connectivity index (χ1n) is 4.84. The minimum Gasteiger partial charge on any atom is -0.218 e. The summed E-state index contributed by atoms with van der Waals surface area (Å²) in [7, 11) is 0. The predicted octanol–water partition coefficient (Wildman–Crippen LogP) is 3.04. The molecule has 16 heavy (non-hydrogen) atoms. The molecule has 4 heteroatoms. The number of pyridine rings is 2. The fourth-order valence-electron chi connectivity index (χ4n) is 1.29. The van der Waals surface area contributed by atoms with E-state index in [0.29, 0.717) is 22.5 Å². The number of hydrogen-bond acceptors (Lipinski definition) is 2. The third-order valence-corrected chi connectivity index (χ3v) is 2.33. The van der Waals surface area contributed by atoms with Gasteiger partial charge in [-0.05, 0) is 26.0 Å². The van der Waals surface area contributed by atoms with Crippen molar-refractivity contribution in [2.45, 2.75) is 13.8 Å². The molecule has 0 aliphatic rings. The first-order valence-corrected chi connectivity index (χ1v) is 4.84. The number of rotatable bonds is 1. The maximum atomic E-state index is 13.2. The van der Waals surface area contributed by atoms with Crippen molar-refractivity contribution in [1.29, 1.82) is 0 Å². The Morgan fingerprint density at radius 1 is 0.750 bits per heavy atom. The van der Waals surface area contributed by atoms with E-state index in [2.05, 4.69) is 9.97 Å². The Morgan fingerprint density at radius 3 is 1.44 bits per heavy atom. The van der Waals surface area contributed by atoms with E-state index in [1.807, 2.05) is 0 Å². The van der Waals surface area contributed by atoms with Crippen molar-refractivity contribution in [2.75, 3.05) is 0 Å². The highest BCUT2D eigenvalue weighted by molar-refractivity contribution is 5.54. The van der Waals surface area contributed by atoms with Crippen molar-refractivity contribution in [2.24, 2.45) is 0 Å². The minimum atomic E-state index is -0.555. The maximum absolute atomic E-state index is 13.2. The molecule has 0 N–H and O–H groups in total. The summed E-state index contributed by atoms with van der Waals surface area (Å²) in [6.45, 7) is 3.24. The lowest BCUT2D eigenvalue weighted by Crippen LogP contribution is -1.96. The highest BCUT2D eigenvalue weighted by Crippen LogP contribution is 2.17. The normalized spacial score (nSPS) is 10.5. The zero-order valence-electron chi connectivity index (χ0n) is 8.96. The van der Waals surface area contributed by atoms with Crippen LogP contribution in [-0.4, -0.2) is 9.97 Å². The smallest absolute Gasteiger partial charge is 0.216 e. The summed E-state index contributed by atoms with van der Waals surface area (Å²) < 4.78 is 26.4. The van der Waals surface area contributed by atoms with E-state index in [-0.39, 0.29) is 0 Å². The molecule has 2 aromatic rings. The summed E-state index contributed by atoms with van der Waals surface area (Å²) in [5, 5.41) is 0. The highest BCUT2D eigenvalue weighted by atomic mass is 19.1. The molecule has 0 saturated heterocycles. The van der Waals surface area contributed by atoms with Gasteiger partial charge in [0.2, 0.25) is 11.9 Å². The lowest BCUT2D eigenvalue weighted by Gasteiger charge is -2.03. The van der Waals surface area contributed by atoms with E-state index in [1.54, 1.807) is 38.1 Å². The van der Waals surface area contributed by atoms with Crippen LogP contribution in [0.4, 0.5) is 8.78 Å². The first-order chi connectivity index (χ1) is 7.58. The molecular weight excluding hydrogens is 210 g/mol. The van der Waals surface area contributed by atoms with E-state index >= 15 is 0 Å². The zero-order chi connectivity index (χ0) is 11.7. The molecule has 0 radical (unpaired) electrons. The van der Waals surface area contributed by atoms with Crippen LogP contribution < -0.4 is 0 Å². The Bertz CT molecular complexity index is 489. The summed E-state index contributed by atoms with van der Waals surface area (Å²) in [5.74, 6) is -1.11. The first kappa shape index (κ1) is 10.7. The number of hydrogen-bond donors (Lipinski definition) is 0. The Morgan fingerprint density at radius 2 is 1.12 bits per heavy atom. The van der Waals surface area contributed by atoms with Gasteiger partial charge in [0, 0.05) is 11.1 Å². The Labute approximate surface area is 92.0 Å². The molecule has 0 aliphatic carbocycles. The lowest BCUT2D eigenvalue weighted by molar-refractivity contribution is 0.569. The van der Waals surface area contributed by atoms with Crippen LogP contribution in [0.2, 0.25) is 0 Å². The van der Waals surface area contributed by atoms with Crippen LogP contribution in [0, 0.1) is 25.7 Å². The average molecular weight is 220 g/mol. The third kappa shape index (κ3) is 1.91. The maximum Gasteiger partial charge on any atom is 0.216 e. The molecule has 0 aromatic carbocycles. The molecule has 2 heterocycles. The van der Waals surface area contributed by atoms with Crippen LogP contribution in [-0.2, 0) is 0 Å². The van der Waals surface area contributed by atoms with Crippen LogP contribution in [0.25, 0.3) is 11.4 Å². The van der Waals surface area contributed by atoms with Gasteiger partial charge >= 0.3 is 0 Å². The fourth-order valence-corrected chi connectivity index (χ4v) is 1.29. The van der Waals surface area contributed by atoms with Gasteiger partial charge < -0.3 is 0 Å². The monoisotopic (exact) mass is 220 g/mol. The summed E-state index contributed by atoms with van der Waals surface area (Å²) in [5.41, 5.74) is 1.58. The summed E-state index contributed by atoms with van der Waals surface area (Å²) in [6, 6.07) is 6.43. The molecule has 0 fully saturated rings. The Hall–Kier alpha value is -1.84. The van der Waals surface area contributed by atoms with Gasteiger partial charge in [-0.25, -0.2) is 9.97 Å². The van der Waals surface area contributed by atoms with Crippen LogP contribution >= 0.6 is 0 Å². The van der Waals surface area contributed by atoms with Crippen LogP contribution in [0.15, 0.2) is 24.3 Å². The Balaban J connectivity index is 2.50. The second-order valence-electron chi connectivity index (χ2n) is 3.61. The lowest BCUT2D eigenvalue weighted by atomic mass is 10.2. The standard InChI is InChI=1S/C12H10F2N2/c1-7-3-5-9(15-11(7)13)10-6-4-8(2)12(14)16-10/h3-6H,1-2H3. The van der Waals surface area contributed by atoms with Crippen molar-refractivity contribution < 1.29 is 8.78 Å². The average Bonchev–Trinajstić information content (AvgIpc) is 2.26. The largest absolute Gasteiger partial charge is 0.218 e. The van der Waals surface area contributed by atoms with Gasteiger partial charge in [-0.1, -0.05) is 12.1 Å². The van der Waals surface area contributed by atoms with Gasteiger partial charge in [0.15, 0.2) is 0 Å². The summed E-state index contributed by atoms with van der Waals surface area (Å²) in [6.07, 6.45) is 0. The zero-order valence-corrected chi connectivity index (χ0v) is 8.96. The number of aromatic nitrogens is 2. The van der Waals surface area contributed by atoms with Crippen molar-refractivity contribution in [3.63, 3.8) is 0 Å². The van der Waals surface area contributed by atoms with Gasteiger partial charge in [0.05, 0.1) is 11.4 Å². The van der Waals surface area contributed by atoms with Crippen molar-refractivity contribution in [3.05, 3.63) is 47.3 Å². The Kier molecular flexibility index (Phi) is 2.64. The summed E-state index contributed by atoms with van der Waals surface area (Å²) in [4.78, 5) is 7.44. The van der Waals surface area contributed by atoms with Gasteiger partial charge in [-0.2, -0.15) is 8.78 Å². The van der Waals surface area contributed by atoms with Gasteiger partial charge in [-0.3, -0.25) is 0 Å². The van der Waals surface area contributed by atoms with E-state index < -0.39 is 11.9 Å². The molecule has 2 aromatic heterocycles. The van der Waals surface area contributed by atoms with E-state index in [1.165, 1.54) is 0 Å². The molecule has 2 rings (SSSR count). The van der Waals surface area contributed by atoms with Crippen molar-refractivity contribution in [1.82, 2.24) is 9.97 Å². The van der Waals surface area contributed by atoms with Crippen molar-refractivity contribution >= 4 is 0 Å². The second-order valence-corrected chi connectivity index (χ2v) is 3.61. The molecule has 2 nitrogen and oxygen atoms in total. The van der Waals surface area contributed by atoms with Crippen molar-refractivity contribution in [3.8, 4) is 11.4 Å². The van der Waals surface area contributed by atoms with Gasteiger partial charge in [0.1, 0.15) is 0 Å². The molecular formula is C12H10F2N2. The SMILES string of the molecule is Cc1ccc(-c2ccc(C)c(F)n2)nc1F. The minimum absolute atomic E-state index is 0.335. The highest BCUT2D eigenvalue weighted by Gasteiger charge is 2.07. The molecule has 0 amide bonds. The quantitative estimate of drug-likeness (QED) is 0.690. The van der Waals surface area contributed by atoms with Gasteiger partial charge in [0.25, 0.3) is 0 Å². The molecule has 0 atom stereocenters. The summed E-state index contributed by atoms with van der Waals surface area (Å²) >= 11 is 0. The molecule has 0 aliphatic heterocycles. The van der Waals surface area contributed by atoms with Gasteiger partial charge in [-0.15, -0.1) is 0 Å². The predicted molar refractivity (Wildman–Crippen MR) is 56.9 cm³/mol. The number of halogens is 2. The molecule has 0 spiro atoms. The van der Waals surface area contributed by atoms with Crippen LogP contribution in [0.1, 0.15) is 11.1 Å². The van der Waals surface area contributed by atoms with E-state index in [0.717, 1.165) is 0 Å².